The average molecular weight is 434 g/mol. The van der Waals surface area contributed by atoms with Gasteiger partial charge in [-0.1, -0.05) is 0 Å². The first kappa shape index (κ1) is 23.8. The van der Waals surface area contributed by atoms with E-state index < -0.39 is 67.3 Å². The van der Waals surface area contributed by atoms with Crippen LogP contribution in [0.15, 0.2) is 11.8 Å². The van der Waals surface area contributed by atoms with E-state index in [0.29, 0.717) is 18.6 Å². The minimum atomic E-state index is -1.22. The van der Waals surface area contributed by atoms with Crippen molar-refractivity contribution in [3.05, 3.63) is 11.8 Å². The molecule has 0 spiro atoms. The minimum Gasteiger partial charge on any atom is -0.467 e. The summed E-state index contributed by atoms with van der Waals surface area (Å²) in [6.07, 6.45) is -4.36. The molecule has 2 fully saturated rings. The normalized spacial score (nSPS) is 47.5. The second-order valence-corrected chi connectivity index (χ2v) is 8.09. The van der Waals surface area contributed by atoms with Crippen molar-refractivity contribution in [1.29, 1.82) is 0 Å². The lowest BCUT2D eigenvalue weighted by molar-refractivity contribution is -0.290. The van der Waals surface area contributed by atoms with Crippen molar-refractivity contribution in [2.75, 3.05) is 20.2 Å². The summed E-state index contributed by atoms with van der Waals surface area (Å²) in [5.74, 6) is 0.556. The summed E-state index contributed by atoms with van der Waals surface area (Å²) in [7, 11) is 1.61. The first-order valence-electron chi connectivity index (χ1n) is 10.2. The largest absolute Gasteiger partial charge is 0.467 e. The average Bonchev–Trinajstić information content (AvgIpc) is 2.71. The summed E-state index contributed by atoms with van der Waals surface area (Å²) in [5, 5.41) is 34.2. The molecule has 0 aromatic rings. The zero-order valence-electron chi connectivity index (χ0n) is 17.0. The van der Waals surface area contributed by atoms with E-state index in [1.54, 1.807) is 13.1 Å². The Hall–Kier alpha value is -0.900. The molecule has 12 heteroatoms. The van der Waals surface area contributed by atoms with E-state index in [0.717, 1.165) is 0 Å². The third-order valence-electron chi connectivity index (χ3n) is 5.91. The summed E-state index contributed by atoms with van der Waals surface area (Å²) < 4.78 is 22.9. The predicted molar refractivity (Wildman–Crippen MR) is 106 cm³/mol. The monoisotopic (exact) mass is 433 g/mol. The molecule has 0 amide bonds. The minimum absolute atomic E-state index is 0.0380. The van der Waals surface area contributed by atoms with Gasteiger partial charge in [0, 0.05) is 12.1 Å². The predicted octanol–water partition coefficient (Wildman–Crippen LogP) is -4.24. The van der Waals surface area contributed by atoms with Crippen molar-refractivity contribution in [2.24, 2.45) is 22.9 Å². The molecule has 1 aliphatic carbocycles. The van der Waals surface area contributed by atoms with Crippen molar-refractivity contribution in [2.45, 2.75) is 80.1 Å². The Morgan fingerprint density at radius 3 is 2.27 bits per heavy atom. The molecule has 30 heavy (non-hydrogen) atoms. The molecule has 2 aliphatic heterocycles. The Labute approximate surface area is 175 Å². The molecule has 0 unspecified atom stereocenters. The highest BCUT2D eigenvalue weighted by atomic mass is 16.7. The molecular weight excluding hydrogens is 398 g/mol. The van der Waals surface area contributed by atoms with Gasteiger partial charge in [0.25, 0.3) is 0 Å². The van der Waals surface area contributed by atoms with E-state index in [-0.39, 0.29) is 13.2 Å². The van der Waals surface area contributed by atoms with Crippen molar-refractivity contribution in [1.82, 2.24) is 5.32 Å². The van der Waals surface area contributed by atoms with E-state index >= 15 is 0 Å². The van der Waals surface area contributed by atoms with Crippen molar-refractivity contribution >= 4 is 0 Å². The highest BCUT2D eigenvalue weighted by molar-refractivity contribution is 5.04. The maximum atomic E-state index is 11.0. The van der Waals surface area contributed by atoms with E-state index in [9.17, 15) is 15.3 Å². The van der Waals surface area contributed by atoms with Crippen LogP contribution in [0, 0.1) is 0 Å². The number of aliphatic hydroxyl groups excluding tert-OH is 3. The molecular formula is C18H35N5O7. The summed E-state index contributed by atoms with van der Waals surface area (Å²) in [6.45, 7) is 0.168. The second-order valence-electron chi connectivity index (χ2n) is 8.09. The van der Waals surface area contributed by atoms with E-state index in [1.807, 2.05) is 0 Å². The van der Waals surface area contributed by atoms with Gasteiger partial charge in [0.1, 0.15) is 30.2 Å². The van der Waals surface area contributed by atoms with Gasteiger partial charge in [0.2, 0.25) is 6.29 Å². The van der Waals surface area contributed by atoms with Crippen molar-refractivity contribution in [3.8, 4) is 0 Å². The summed E-state index contributed by atoms with van der Waals surface area (Å²) in [6, 6.07) is -2.30. The lowest BCUT2D eigenvalue weighted by Crippen LogP contribution is -2.66. The van der Waals surface area contributed by atoms with Crippen LogP contribution in [0.3, 0.4) is 0 Å². The topological polar surface area (TPSA) is 214 Å². The maximum Gasteiger partial charge on any atom is 0.215 e. The van der Waals surface area contributed by atoms with Crippen molar-refractivity contribution < 1.29 is 34.3 Å². The fourth-order valence-corrected chi connectivity index (χ4v) is 4.15. The number of likely N-dealkylation sites (N-methyl/N-ethyl adjacent to an activating group) is 1. The smallest absolute Gasteiger partial charge is 0.215 e. The molecule has 0 aromatic carbocycles. The van der Waals surface area contributed by atoms with Gasteiger partial charge in [-0.3, -0.25) is 0 Å². The van der Waals surface area contributed by atoms with Crippen LogP contribution in [0.1, 0.15) is 12.8 Å². The van der Waals surface area contributed by atoms with Gasteiger partial charge >= 0.3 is 0 Å². The van der Waals surface area contributed by atoms with Crippen LogP contribution >= 0.6 is 0 Å². The standard InChI is InChI=1S/C18H35N5O7/c1-23-12-11(24)6-27-18(13(12)25)30-16-10(22)4-9(21)15(14(16)26)29-17-8(20)3-2-7(5-19)28-17/h2,8-18,23-26H,3-6,19-22H2,1H3/t8-,9+,10-,11+,12+,13-,14+,15-,16+,17-,18-/m1/s1. The summed E-state index contributed by atoms with van der Waals surface area (Å²) in [5.41, 5.74) is 24.1. The van der Waals surface area contributed by atoms with Crippen LogP contribution in [-0.2, 0) is 18.9 Å². The van der Waals surface area contributed by atoms with Crippen molar-refractivity contribution in [3.63, 3.8) is 0 Å². The van der Waals surface area contributed by atoms with Crippen LogP contribution in [0.5, 0.6) is 0 Å². The Morgan fingerprint density at radius 2 is 1.67 bits per heavy atom. The Balaban J connectivity index is 1.68. The number of rotatable bonds is 6. The van der Waals surface area contributed by atoms with E-state index in [2.05, 4.69) is 5.32 Å². The second kappa shape index (κ2) is 10.1. The summed E-state index contributed by atoms with van der Waals surface area (Å²) >= 11 is 0. The molecule has 1 saturated heterocycles. The van der Waals surface area contributed by atoms with E-state index in [4.69, 9.17) is 41.9 Å². The zero-order valence-corrected chi connectivity index (χ0v) is 17.0. The zero-order chi connectivity index (χ0) is 22.0. The molecule has 3 rings (SSSR count). The van der Waals surface area contributed by atoms with Gasteiger partial charge in [0.15, 0.2) is 6.29 Å². The van der Waals surface area contributed by atoms with Gasteiger partial charge in [0.05, 0.1) is 31.3 Å². The summed E-state index contributed by atoms with van der Waals surface area (Å²) in [4.78, 5) is 0. The number of hydrogen-bond donors (Lipinski definition) is 8. The lowest BCUT2D eigenvalue weighted by atomic mass is 9.84. The quantitative estimate of drug-likeness (QED) is 0.200. The lowest BCUT2D eigenvalue weighted by Gasteiger charge is -2.46. The molecule has 174 valence electrons. The number of nitrogens with two attached hydrogens (primary N) is 4. The Kier molecular flexibility index (Phi) is 8.03. The van der Waals surface area contributed by atoms with Gasteiger partial charge < -0.3 is 62.5 Å². The number of nitrogens with one attached hydrogen (secondary N) is 1. The molecule has 0 bridgehead atoms. The number of aliphatic hydroxyl groups is 3. The van der Waals surface area contributed by atoms with Gasteiger partial charge in [-0.2, -0.15) is 0 Å². The Bertz CT molecular complexity index is 599. The SMILES string of the molecule is CN[C@@H]1[C@@H](O)[C@@H](O[C@@H]2[C@@H](O)[C@H](O[C@H]3OC(CN)=CC[C@H]3N)[C@@H](N)C[C@H]2N)OC[C@@H]1O. The van der Waals surface area contributed by atoms with Gasteiger partial charge in [-0.05, 0) is 26.0 Å². The first-order chi connectivity index (χ1) is 14.3. The highest BCUT2D eigenvalue weighted by Crippen LogP contribution is 2.29. The van der Waals surface area contributed by atoms with E-state index in [1.165, 1.54) is 0 Å². The van der Waals surface area contributed by atoms with Crippen LogP contribution in [0.4, 0.5) is 0 Å². The highest BCUT2D eigenvalue weighted by Gasteiger charge is 2.48. The molecule has 1 saturated carbocycles. The first-order valence-corrected chi connectivity index (χ1v) is 10.2. The molecule has 2 heterocycles. The fourth-order valence-electron chi connectivity index (χ4n) is 4.15. The number of ether oxygens (including phenoxy) is 4. The van der Waals surface area contributed by atoms with Crippen LogP contribution in [0.25, 0.3) is 0 Å². The fraction of sp³-hybridized carbons (Fsp3) is 0.889. The van der Waals surface area contributed by atoms with Crippen LogP contribution in [-0.4, -0.2) is 103 Å². The van der Waals surface area contributed by atoms with Crippen LogP contribution < -0.4 is 28.3 Å². The maximum absolute atomic E-state index is 11.0. The Morgan fingerprint density at radius 1 is 1.03 bits per heavy atom. The van der Waals surface area contributed by atoms with Gasteiger partial charge in [-0.15, -0.1) is 0 Å². The van der Waals surface area contributed by atoms with Crippen LogP contribution in [0.2, 0.25) is 0 Å². The number of hydrogen-bond acceptors (Lipinski definition) is 12. The third-order valence-corrected chi connectivity index (χ3v) is 5.91. The molecule has 12 nitrogen and oxygen atoms in total. The molecule has 11 atom stereocenters. The molecule has 12 N–H and O–H groups in total. The molecule has 0 aromatic heterocycles. The molecule has 0 radical (unpaired) electrons. The third kappa shape index (κ3) is 4.95. The molecule has 3 aliphatic rings. The van der Waals surface area contributed by atoms with Gasteiger partial charge in [-0.25, -0.2) is 0 Å².